The van der Waals surface area contributed by atoms with E-state index in [1.807, 2.05) is 25.3 Å². The van der Waals surface area contributed by atoms with Crippen molar-refractivity contribution in [3.8, 4) is 0 Å². The first kappa shape index (κ1) is 19.1. The van der Waals surface area contributed by atoms with Gasteiger partial charge in [-0.1, -0.05) is 18.2 Å². The summed E-state index contributed by atoms with van der Waals surface area (Å²) in [6, 6.07) is 6.34. The van der Waals surface area contributed by atoms with Crippen LogP contribution in [0.4, 0.5) is 8.78 Å². The molecule has 0 unspecified atom stereocenters. The fourth-order valence-electron chi connectivity index (χ4n) is 4.50. The van der Waals surface area contributed by atoms with Crippen LogP contribution in [0.25, 0.3) is 16.5 Å². The largest absolute Gasteiger partial charge is 0.383 e. The van der Waals surface area contributed by atoms with Gasteiger partial charge < -0.3 is 14.6 Å². The molecular weight excluding hydrogens is 364 g/mol. The molecule has 1 aliphatic heterocycles. The fourth-order valence-corrected chi connectivity index (χ4v) is 4.50. The number of nitrogens with zero attached hydrogens (tertiary/aromatic N) is 2. The molecule has 150 valence electrons. The third-order valence-electron chi connectivity index (χ3n) is 5.82. The second kappa shape index (κ2) is 7.64. The van der Waals surface area contributed by atoms with Gasteiger partial charge in [0.2, 0.25) is 5.91 Å². The van der Waals surface area contributed by atoms with E-state index in [9.17, 15) is 13.6 Å². The van der Waals surface area contributed by atoms with Gasteiger partial charge in [-0.3, -0.25) is 9.69 Å². The summed E-state index contributed by atoms with van der Waals surface area (Å²) >= 11 is 0. The van der Waals surface area contributed by atoms with Crippen LogP contribution in [0.5, 0.6) is 0 Å². The van der Waals surface area contributed by atoms with Gasteiger partial charge in [-0.2, -0.15) is 0 Å². The first-order chi connectivity index (χ1) is 13.5. The number of H-pyrrole nitrogens is 1. The molecule has 4 rings (SSSR count). The van der Waals surface area contributed by atoms with Crippen molar-refractivity contribution in [1.82, 2.24) is 14.8 Å². The summed E-state index contributed by atoms with van der Waals surface area (Å²) < 4.78 is 31.0. The number of hydrogen-bond acceptors (Lipinski definition) is 3. The standard InChI is InChI=1S/C21H25F2N3O2/c1-25-11-14(21(27)26(6-7-28-2)12-19(22)23)8-16-15-4-3-5-17-20(15)13(10-24-17)9-18(16)25/h3-5,8,10,14,18-19,24H,6-7,9,11-12H2,1-2H3/t14-,18-/m1/s1. The molecule has 0 radical (unpaired) electrons. The summed E-state index contributed by atoms with van der Waals surface area (Å²) in [4.78, 5) is 19.8. The molecule has 0 saturated carbocycles. The third-order valence-corrected chi connectivity index (χ3v) is 5.82. The van der Waals surface area contributed by atoms with Crippen LogP contribution in [0.1, 0.15) is 11.1 Å². The lowest BCUT2D eigenvalue weighted by Gasteiger charge is -2.40. The minimum absolute atomic E-state index is 0.171. The lowest BCUT2D eigenvalue weighted by Crippen LogP contribution is -2.49. The van der Waals surface area contributed by atoms with E-state index in [0.717, 1.165) is 23.1 Å². The highest BCUT2D eigenvalue weighted by Crippen LogP contribution is 2.40. The van der Waals surface area contributed by atoms with E-state index in [-0.39, 0.29) is 25.1 Å². The summed E-state index contributed by atoms with van der Waals surface area (Å²) in [7, 11) is 3.51. The van der Waals surface area contributed by atoms with Crippen LogP contribution in [0.15, 0.2) is 30.5 Å². The van der Waals surface area contributed by atoms with Crippen molar-refractivity contribution >= 4 is 22.4 Å². The molecule has 7 heteroatoms. The van der Waals surface area contributed by atoms with Crippen LogP contribution < -0.4 is 0 Å². The molecule has 1 aliphatic carbocycles. The maximum atomic E-state index is 13.1. The molecule has 0 bridgehead atoms. The fraction of sp³-hybridized carbons (Fsp3) is 0.476. The lowest BCUT2D eigenvalue weighted by atomic mass is 9.79. The number of carbonyl (C=O) groups excluding carboxylic acids is 1. The first-order valence-electron chi connectivity index (χ1n) is 9.56. The van der Waals surface area contributed by atoms with Crippen LogP contribution in [-0.4, -0.2) is 73.6 Å². The van der Waals surface area contributed by atoms with Gasteiger partial charge in [0.05, 0.1) is 19.1 Å². The number of hydrogen-bond donors (Lipinski definition) is 1. The quantitative estimate of drug-likeness (QED) is 0.827. The number of ether oxygens (including phenoxy) is 1. The Morgan fingerprint density at radius 3 is 3.00 bits per heavy atom. The van der Waals surface area contributed by atoms with Crippen LogP contribution >= 0.6 is 0 Å². The van der Waals surface area contributed by atoms with E-state index in [1.54, 1.807) is 0 Å². The number of fused-ring (bicyclic) bond motifs is 2. The normalized spacial score (nSPS) is 21.7. The first-order valence-corrected chi connectivity index (χ1v) is 9.56. The number of halogens is 2. The van der Waals surface area contributed by atoms with Crippen LogP contribution in [-0.2, 0) is 16.0 Å². The van der Waals surface area contributed by atoms with Gasteiger partial charge in [0.15, 0.2) is 0 Å². The second-order valence-corrected chi connectivity index (χ2v) is 7.60. The number of rotatable bonds is 6. The smallest absolute Gasteiger partial charge is 0.255 e. The monoisotopic (exact) mass is 389 g/mol. The van der Waals surface area contributed by atoms with E-state index >= 15 is 0 Å². The molecular formula is C21H25F2N3O2. The average molecular weight is 389 g/mol. The predicted molar refractivity (Wildman–Crippen MR) is 104 cm³/mol. The van der Waals surface area contributed by atoms with Crippen molar-refractivity contribution in [3.05, 3.63) is 41.6 Å². The molecule has 2 heterocycles. The number of nitrogens with one attached hydrogen (secondary N) is 1. The zero-order valence-corrected chi connectivity index (χ0v) is 16.1. The molecule has 2 aromatic rings. The van der Waals surface area contributed by atoms with Gasteiger partial charge >= 0.3 is 0 Å². The predicted octanol–water partition coefficient (Wildman–Crippen LogP) is 2.78. The number of benzene rings is 1. The summed E-state index contributed by atoms with van der Waals surface area (Å²) in [6.07, 6.45) is 2.38. The number of aromatic nitrogens is 1. The molecule has 1 N–H and O–H groups in total. The molecule has 28 heavy (non-hydrogen) atoms. The minimum Gasteiger partial charge on any atom is -0.383 e. The molecule has 0 fully saturated rings. The van der Waals surface area contributed by atoms with Gasteiger partial charge in [0.25, 0.3) is 6.43 Å². The number of likely N-dealkylation sites (N-methyl/N-ethyl adjacent to an activating group) is 1. The van der Waals surface area contributed by atoms with Crippen LogP contribution in [0, 0.1) is 5.92 Å². The molecule has 2 atom stereocenters. The van der Waals surface area contributed by atoms with Crippen molar-refractivity contribution in [3.63, 3.8) is 0 Å². The van der Waals surface area contributed by atoms with Gasteiger partial charge in [0.1, 0.15) is 0 Å². The topological polar surface area (TPSA) is 48.6 Å². The molecule has 0 saturated heterocycles. The Balaban J connectivity index is 1.68. The van der Waals surface area contributed by atoms with Crippen molar-refractivity contribution in [2.45, 2.75) is 18.9 Å². The van der Waals surface area contributed by atoms with Gasteiger partial charge in [-0.25, -0.2) is 8.78 Å². The molecule has 5 nitrogen and oxygen atoms in total. The SMILES string of the molecule is COCCN(CC(F)F)C(=O)[C@@H]1C=C2c3cccc4[nH]cc(c34)C[C@H]2N(C)C1. The molecule has 1 aromatic carbocycles. The van der Waals surface area contributed by atoms with Gasteiger partial charge in [-0.15, -0.1) is 0 Å². The Hall–Kier alpha value is -2.25. The zero-order chi connectivity index (χ0) is 19.8. The van der Waals surface area contributed by atoms with Crippen molar-refractivity contribution in [2.75, 3.05) is 40.4 Å². The van der Waals surface area contributed by atoms with Crippen molar-refractivity contribution in [2.24, 2.45) is 5.92 Å². The van der Waals surface area contributed by atoms with E-state index in [4.69, 9.17) is 4.74 Å². The second-order valence-electron chi connectivity index (χ2n) is 7.60. The Bertz CT molecular complexity index is 908. The number of methoxy groups -OCH3 is 1. The number of amides is 1. The molecule has 1 aromatic heterocycles. The van der Waals surface area contributed by atoms with Crippen LogP contribution in [0.2, 0.25) is 0 Å². The van der Waals surface area contributed by atoms with Crippen LogP contribution in [0.3, 0.4) is 0 Å². The Kier molecular flexibility index (Phi) is 5.21. The molecule has 0 spiro atoms. The Labute approximate surface area is 162 Å². The Morgan fingerprint density at radius 2 is 2.25 bits per heavy atom. The van der Waals surface area contributed by atoms with Gasteiger partial charge in [-0.05, 0) is 36.2 Å². The third kappa shape index (κ3) is 3.33. The highest BCUT2D eigenvalue weighted by Gasteiger charge is 2.37. The summed E-state index contributed by atoms with van der Waals surface area (Å²) in [5, 5.41) is 1.20. The van der Waals surface area contributed by atoms with E-state index in [1.165, 1.54) is 23.0 Å². The summed E-state index contributed by atoms with van der Waals surface area (Å²) in [5.74, 6) is -0.704. The van der Waals surface area contributed by atoms with E-state index in [2.05, 4.69) is 22.1 Å². The highest BCUT2D eigenvalue weighted by atomic mass is 19.3. The summed E-state index contributed by atoms with van der Waals surface area (Å²) in [6.45, 7) is 0.373. The zero-order valence-electron chi connectivity index (χ0n) is 16.1. The van der Waals surface area contributed by atoms with Crippen molar-refractivity contribution in [1.29, 1.82) is 0 Å². The molecule has 1 amide bonds. The maximum absolute atomic E-state index is 13.1. The van der Waals surface area contributed by atoms with Crippen molar-refractivity contribution < 1.29 is 18.3 Å². The highest BCUT2D eigenvalue weighted by molar-refractivity contribution is 5.99. The minimum atomic E-state index is -2.56. The summed E-state index contributed by atoms with van der Waals surface area (Å²) in [5.41, 5.74) is 4.62. The van der Waals surface area contributed by atoms with E-state index in [0.29, 0.717) is 6.54 Å². The molecule has 2 aliphatic rings. The number of aromatic amines is 1. The average Bonchev–Trinajstić information content (AvgIpc) is 3.09. The number of carbonyl (C=O) groups is 1. The number of alkyl halides is 2. The maximum Gasteiger partial charge on any atom is 0.255 e. The van der Waals surface area contributed by atoms with E-state index < -0.39 is 18.9 Å². The Morgan fingerprint density at radius 1 is 1.43 bits per heavy atom. The van der Waals surface area contributed by atoms with Gasteiger partial charge in [0, 0.05) is 43.3 Å². The lowest BCUT2D eigenvalue weighted by molar-refractivity contribution is -0.137.